The third-order valence-corrected chi connectivity index (χ3v) is 16.7. The molecule has 0 saturated carbocycles. The van der Waals surface area contributed by atoms with Crippen LogP contribution in [0.5, 0.6) is 0 Å². The largest absolute Gasteiger partial charge is 0.462 e. The van der Waals surface area contributed by atoms with Gasteiger partial charge in [0.15, 0.2) is 6.10 Å². The summed E-state index contributed by atoms with van der Waals surface area (Å²) in [5.41, 5.74) is 0. The number of allylic oxidation sites excluding steroid dienone is 4. The fourth-order valence-electron chi connectivity index (χ4n) is 11.2. The van der Waals surface area contributed by atoms with Crippen molar-refractivity contribution in [2.75, 3.05) is 13.2 Å². The lowest BCUT2D eigenvalue weighted by Gasteiger charge is -2.18. The second-order valence-corrected chi connectivity index (χ2v) is 24.9. The molecule has 0 amide bonds. The first-order chi connectivity index (χ1) is 39.5. The minimum Gasteiger partial charge on any atom is -0.462 e. The number of hydrogen-bond acceptors (Lipinski definition) is 6. The molecule has 0 fully saturated rings. The molecule has 0 radical (unpaired) electrons. The lowest BCUT2D eigenvalue weighted by Crippen LogP contribution is -2.30. The molecule has 1 atom stereocenters. The Bertz CT molecular complexity index is 1290. The fraction of sp³-hybridized carbons (Fsp3) is 0.905. The maximum atomic E-state index is 12.9. The number of unbranched alkanes of at least 4 members (excludes halogenated alkanes) is 53. The zero-order valence-electron chi connectivity index (χ0n) is 54.4. The molecule has 80 heavy (non-hydrogen) atoms. The van der Waals surface area contributed by atoms with E-state index >= 15 is 0 Å². The van der Waals surface area contributed by atoms with Gasteiger partial charge >= 0.3 is 17.9 Å². The van der Waals surface area contributed by atoms with Gasteiger partial charge in [0.25, 0.3) is 0 Å². The molecule has 0 aromatic rings. The van der Waals surface area contributed by atoms with Crippen LogP contribution in [0.25, 0.3) is 0 Å². The van der Waals surface area contributed by atoms with E-state index in [1.54, 1.807) is 0 Å². The third-order valence-electron chi connectivity index (χ3n) is 16.7. The number of carbonyl (C=O) groups excluding carboxylic acids is 3. The Hall–Kier alpha value is -2.11. The smallest absolute Gasteiger partial charge is 0.306 e. The van der Waals surface area contributed by atoms with Crippen LogP contribution in [0.1, 0.15) is 412 Å². The molecule has 0 saturated heterocycles. The maximum Gasteiger partial charge on any atom is 0.306 e. The Morgan fingerprint density at radius 3 is 0.625 bits per heavy atom. The molecule has 0 aliphatic carbocycles. The Morgan fingerprint density at radius 1 is 0.237 bits per heavy atom. The number of carbonyl (C=O) groups is 3. The molecule has 472 valence electrons. The SMILES string of the molecule is CCCCCCCCCC/C=C\CCCCCCCCCCCCCCCCCC(=O)OCC(COC(=O)CCCCCCCCCCCC)OC(=O)CCCCCCCCCCCCCCC/C=C\CCCCCCCCCC. The van der Waals surface area contributed by atoms with Crippen molar-refractivity contribution < 1.29 is 28.6 Å². The summed E-state index contributed by atoms with van der Waals surface area (Å²) >= 11 is 0. The van der Waals surface area contributed by atoms with E-state index in [9.17, 15) is 14.4 Å². The number of ether oxygens (including phenoxy) is 3. The average Bonchev–Trinajstić information content (AvgIpc) is 3.46. The molecule has 1 unspecified atom stereocenters. The van der Waals surface area contributed by atoms with Crippen molar-refractivity contribution in [2.45, 2.75) is 419 Å². The van der Waals surface area contributed by atoms with E-state index < -0.39 is 6.10 Å². The van der Waals surface area contributed by atoms with E-state index in [2.05, 4.69) is 45.1 Å². The molecule has 6 heteroatoms. The molecule has 0 N–H and O–H groups in total. The van der Waals surface area contributed by atoms with Crippen molar-refractivity contribution in [3.05, 3.63) is 24.3 Å². The summed E-state index contributed by atoms with van der Waals surface area (Å²) in [4.78, 5) is 38.4. The zero-order valence-corrected chi connectivity index (χ0v) is 54.4. The van der Waals surface area contributed by atoms with Crippen molar-refractivity contribution in [1.82, 2.24) is 0 Å². The van der Waals surface area contributed by atoms with Crippen LogP contribution in [0.2, 0.25) is 0 Å². The summed E-state index contributed by atoms with van der Waals surface area (Å²) in [6.07, 6.45) is 85.1. The molecular formula is C74H140O6. The van der Waals surface area contributed by atoms with Crippen LogP contribution in [0.15, 0.2) is 24.3 Å². The van der Waals surface area contributed by atoms with E-state index in [1.807, 2.05) is 0 Å². The number of hydrogen-bond donors (Lipinski definition) is 0. The Kier molecular flexibility index (Phi) is 67.6. The standard InChI is InChI=1S/C74H140O6/c1-4-7-10-13-16-19-22-24-26-28-30-32-34-36-37-39-40-42-44-46-48-50-52-55-58-61-64-67-73(76)79-70-71(69-78-72(75)66-63-60-57-54-21-18-15-12-9-6-3)80-74(77)68-65-62-59-56-53-51-49-47-45-43-41-38-35-33-31-29-27-25-23-20-17-14-11-8-5-2/h28-31,71H,4-27,32-70H2,1-3H3/b30-28-,31-29-. The normalized spacial score (nSPS) is 12.1. The molecule has 0 heterocycles. The zero-order chi connectivity index (χ0) is 57.8. The average molecular weight is 1130 g/mol. The van der Waals surface area contributed by atoms with Crippen LogP contribution in [-0.4, -0.2) is 37.2 Å². The highest BCUT2D eigenvalue weighted by atomic mass is 16.6. The third kappa shape index (κ3) is 66.7. The molecule has 0 aromatic heterocycles. The van der Waals surface area contributed by atoms with Gasteiger partial charge in [-0.1, -0.05) is 347 Å². The van der Waals surface area contributed by atoms with E-state index in [0.717, 1.165) is 57.8 Å². The van der Waals surface area contributed by atoms with Gasteiger partial charge in [0.1, 0.15) is 13.2 Å². The summed E-state index contributed by atoms with van der Waals surface area (Å²) in [5, 5.41) is 0. The molecule has 0 aliphatic rings. The van der Waals surface area contributed by atoms with Crippen LogP contribution in [0.4, 0.5) is 0 Å². The van der Waals surface area contributed by atoms with Gasteiger partial charge in [0.05, 0.1) is 0 Å². The second kappa shape index (κ2) is 69.4. The van der Waals surface area contributed by atoms with E-state index in [4.69, 9.17) is 14.2 Å². The summed E-state index contributed by atoms with van der Waals surface area (Å²) in [6, 6.07) is 0. The highest BCUT2D eigenvalue weighted by molar-refractivity contribution is 5.71. The first-order valence-electron chi connectivity index (χ1n) is 36.3. The van der Waals surface area contributed by atoms with Crippen LogP contribution < -0.4 is 0 Å². The topological polar surface area (TPSA) is 78.9 Å². The Morgan fingerprint density at radius 2 is 0.412 bits per heavy atom. The van der Waals surface area contributed by atoms with Crippen molar-refractivity contribution in [2.24, 2.45) is 0 Å². The van der Waals surface area contributed by atoms with E-state index in [0.29, 0.717) is 19.3 Å². The van der Waals surface area contributed by atoms with Gasteiger partial charge < -0.3 is 14.2 Å². The predicted octanol–water partition coefficient (Wildman–Crippen LogP) is 25.0. The summed E-state index contributed by atoms with van der Waals surface area (Å²) in [7, 11) is 0. The Labute approximate surface area is 500 Å². The van der Waals surface area contributed by atoms with Gasteiger partial charge in [0.2, 0.25) is 0 Å². The quantitative estimate of drug-likeness (QED) is 0.0261. The van der Waals surface area contributed by atoms with Gasteiger partial charge in [-0.25, -0.2) is 0 Å². The minimum absolute atomic E-state index is 0.0650. The van der Waals surface area contributed by atoms with Crippen LogP contribution in [0, 0.1) is 0 Å². The molecular weight excluding hydrogens is 985 g/mol. The van der Waals surface area contributed by atoms with Gasteiger partial charge in [-0.05, 0) is 70.6 Å². The monoisotopic (exact) mass is 1130 g/mol. The van der Waals surface area contributed by atoms with Crippen molar-refractivity contribution in [1.29, 1.82) is 0 Å². The highest BCUT2D eigenvalue weighted by Gasteiger charge is 2.19. The summed E-state index contributed by atoms with van der Waals surface area (Å²) in [5.74, 6) is -0.835. The minimum atomic E-state index is -0.767. The van der Waals surface area contributed by atoms with Crippen molar-refractivity contribution >= 4 is 17.9 Å². The molecule has 0 aliphatic heterocycles. The number of esters is 3. The summed E-state index contributed by atoms with van der Waals surface area (Å²) < 4.78 is 17.0. The van der Waals surface area contributed by atoms with Gasteiger partial charge in [-0.15, -0.1) is 0 Å². The van der Waals surface area contributed by atoms with E-state index in [1.165, 1.54) is 315 Å². The first-order valence-corrected chi connectivity index (χ1v) is 36.3. The lowest BCUT2D eigenvalue weighted by molar-refractivity contribution is -0.167. The van der Waals surface area contributed by atoms with E-state index in [-0.39, 0.29) is 31.1 Å². The maximum absolute atomic E-state index is 12.9. The molecule has 0 rings (SSSR count). The summed E-state index contributed by atoms with van der Waals surface area (Å²) in [6.45, 7) is 6.71. The molecule has 0 bridgehead atoms. The van der Waals surface area contributed by atoms with Gasteiger partial charge in [0, 0.05) is 19.3 Å². The first kappa shape index (κ1) is 77.9. The molecule has 0 aromatic carbocycles. The predicted molar refractivity (Wildman–Crippen MR) is 349 cm³/mol. The lowest BCUT2D eigenvalue weighted by atomic mass is 10.0. The van der Waals surface area contributed by atoms with Gasteiger partial charge in [-0.2, -0.15) is 0 Å². The van der Waals surface area contributed by atoms with Crippen LogP contribution in [-0.2, 0) is 28.6 Å². The highest BCUT2D eigenvalue weighted by Crippen LogP contribution is 2.19. The van der Waals surface area contributed by atoms with Crippen LogP contribution >= 0.6 is 0 Å². The van der Waals surface area contributed by atoms with Crippen molar-refractivity contribution in [3.63, 3.8) is 0 Å². The number of rotatable bonds is 68. The molecule has 6 nitrogen and oxygen atoms in total. The second-order valence-electron chi connectivity index (χ2n) is 24.9. The Balaban J connectivity index is 4.12. The van der Waals surface area contributed by atoms with Gasteiger partial charge in [-0.3, -0.25) is 14.4 Å². The van der Waals surface area contributed by atoms with Crippen LogP contribution in [0.3, 0.4) is 0 Å². The fourth-order valence-corrected chi connectivity index (χ4v) is 11.2. The molecule has 0 spiro atoms. The van der Waals surface area contributed by atoms with Crippen molar-refractivity contribution in [3.8, 4) is 0 Å².